The number of primary amides is 1. The molecule has 0 radical (unpaired) electrons. The van der Waals surface area contributed by atoms with Gasteiger partial charge in [0.25, 0.3) is 5.91 Å². The lowest BCUT2D eigenvalue weighted by atomic mass is 10.1. The van der Waals surface area contributed by atoms with Gasteiger partial charge < -0.3 is 11.1 Å². The highest BCUT2D eigenvalue weighted by molar-refractivity contribution is 7.91. The Hall–Kier alpha value is -2.74. The Bertz CT molecular complexity index is 869. The topological polar surface area (TPSA) is 106 Å². The predicted molar refractivity (Wildman–Crippen MR) is 90.0 cm³/mol. The van der Waals surface area contributed by atoms with E-state index in [4.69, 9.17) is 5.73 Å². The summed E-state index contributed by atoms with van der Waals surface area (Å²) in [4.78, 5) is 23.7. The third-order valence-corrected chi connectivity index (χ3v) is 5.28. The first-order valence-corrected chi connectivity index (χ1v) is 9.08. The van der Waals surface area contributed by atoms with E-state index in [0.29, 0.717) is 0 Å². The smallest absolute Gasteiger partial charge is 0.252 e. The summed E-state index contributed by atoms with van der Waals surface area (Å²) in [6, 6.07) is 11.5. The maximum Gasteiger partial charge on any atom is 0.252 e. The fourth-order valence-electron chi connectivity index (χ4n) is 2.18. The molecule has 0 bridgehead atoms. The fraction of sp³-hybridized carbons (Fsp3) is 0.176. The molecule has 132 valence electrons. The van der Waals surface area contributed by atoms with Crippen LogP contribution in [0, 0.1) is 5.82 Å². The van der Waals surface area contributed by atoms with Crippen LogP contribution in [0.4, 0.5) is 4.39 Å². The number of benzene rings is 2. The van der Waals surface area contributed by atoms with Crippen molar-refractivity contribution in [3.05, 3.63) is 66.0 Å². The van der Waals surface area contributed by atoms with Gasteiger partial charge in [-0.1, -0.05) is 24.3 Å². The molecule has 0 aromatic heterocycles. The Morgan fingerprint density at radius 3 is 2.36 bits per heavy atom. The average molecular weight is 364 g/mol. The summed E-state index contributed by atoms with van der Waals surface area (Å²) in [5.41, 5.74) is 5.25. The summed E-state index contributed by atoms with van der Waals surface area (Å²) >= 11 is 0. The first kappa shape index (κ1) is 18.6. The van der Waals surface area contributed by atoms with Gasteiger partial charge in [0, 0.05) is 5.56 Å². The van der Waals surface area contributed by atoms with E-state index in [9.17, 15) is 22.4 Å². The molecule has 3 N–H and O–H groups in total. The van der Waals surface area contributed by atoms with Gasteiger partial charge in [-0.2, -0.15) is 0 Å². The number of carbonyl (C=O) groups is 2. The molecule has 0 aliphatic rings. The minimum absolute atomic E-state index is 0.0113. The third-order valence-electron chi connectivity index (χ3n) is 3.51. The number of nitrogens with one attached hydrogen (secondary N) is 1. The Balaban J connectivity index is 2.06. The monoisotopic (exact) mass is 364 g/mol. The van der Waals surface area contributed by atoms with Crippen LogP contribution in [-0.2, 0) is 14.6 Å². The Kier molecular flexibility index (Phi) is 5.87. The van der Waals surface area contributed by atoms with Crippen LogP contribution in [0.2, 0.25) is 0 Å². The first-order valence-electron chi connectivity index (χ1n) is 7.43. The molecular weight excluding hydrogens is 347 g/mol. The summed E-state index contributed by atoms with van der Waals surface area (Å²) in [5, 5.41) is 2.34. The molecule has 0 saturated carbocycles. The molecule has 8 heteroatoms. The van der Waals surface area contributed by atoms with Crippen LogP contribution < -0.4 is 11.1 Å². The number of rotatable bonds is 7. The molecule has 25 heavy (non-hydrogen) atoms. The molecule has 1 atom stereocenters. The number of amides is 2. The maximum atomic E-state index is 13.2. The SMILES string of the molecule is NC(=O)[C@H](CCS(=O)(=O)c1ccccc1)NC(=O)c1cccc(F)c1. The average Bonchev–Trinajstić information content (AvgIpc) is 2.59. The van der Waals surface area contributed by atoms with Gasteiger partial charge >= 0.3 is 0 Å². The van der Waals surface area contributed by atoms with E-state index < -0.39 is 33.5 Å². The van der Waals surface area contributed by atoms with E-state index in [1.165, 1.54) is 30.3 Å². The highest BCUT2D eigenvalue weighted by atomic mass is 32.2. The molecule has 2 aromatic carbocycles. The number of nitrogens with two attached hydrogens (primary N) is 1. The molecule has 0 aliphatic carbocycles. The van der Waals surface area contributed by atoms with Crippen LogP contribution >= 0.6 is 0 Å². The van der Waals surface area contributed by atoms with Gasteiger partial charge in [0.05, 0.1) is 10.6 Å². The molecule has 0 saturated heterocycles. The van der Waals surface area contributed by atoms with Crippen LogP contribution in [0.15, 0.2) is 59.5 Å². The van der Waals surface area contributed by atoms with Crippen molar-refractivity contribution in [1.82, 2.24) is 5.32 Å². The number of sulfone groups is 1. The van der Waals surface area contributed by atoms with Crippen LogP contribution in [0.1, 0.15) is 16.8 Å². The summed E-state index contributed by atoms with van der Waals surface area (Å²) in [6.45, 7) is 0. The van der Waals surface area contributed by atoms with E-state index in [0.717, 1.165) is 6.07 Å². The number of halogens is 1. The first-order chi connectivity index (χ1) is 11.8. The molecule has 0 fully saturated rings. The van der Waals surface area contributed by atoms with Crippen LogP contribution in [-0.4, -0.2) is 32.0 Å². The van der Waals surface area contributed by atoms with E-state index in [2.05, 4.69) is 5.32 Å². The van der Waals surface area contributed by atoms with E-state index >= 15 is 0 Å². The molecule has 6 nitrogen and oxygen atoms in total. The lowest BCUT2D eigenvalue weighted by Gasteiger charge is -2.15. The van der Waals surface area contributed by atoms with Crippen molar-refractivity contribution in [1.29, 1.82) is 0 Å². The van der Waals surface area contributed by atoms with Crippen LogP contribution in [0.3, 0.4) is 0 Å². The van der Waals surface area contributed by atoms with Crippen molar-refractivity contribution in [2.45, 2.75) is 17.4 Å². The quantitative estimate of drug-likeness (QED) is 0.772. The Morgan fingerprint density at radius 1 is 1.08 bits per heavy atom. The molecule has 0 unspecified atom stereocenters. The van der Waals surface area contributed by atoms with Gasteiger partial charge in [-0.05, 0) is 36.8 Å². The Labute approximate surface area is 144 Å². The van der Waals surface area contributed by atoms with Crippen molar-refractivity contribution in [2.24, 2.45) is 5.73 Å². The molecule has 2 amide bonds. The van der Waals surface area contributed by atoms with Gasteiger partial charge in [0.15, 0.2) is 9.84 Å². The van der Waals surface area contributed by atoms with E-state index in [1.54, 1.807) is 18.2 Å². The molecular formula is C17H17FN2O4S. The minimum atomic E-state index is -3.62. The summed E-state index contributed by atoms with van der Waals surface area (Å²) < 4.78 is 37.7. The molecule has 2 rings (SSSR count). The summed E-state index contributed by atoms with van der Waals surface area (Å²) in [5.74, 6) is -2.54. The number of carbonyl (C=O) groups excluding carboxylic acids is 2. The highest BCUT2D eigenvalue weighted by Crippen LogP contribution is 2.12. The normalized spacial score (nSPS) is 12.4. The fourth-order valence-corrected chi connectivity index (χ4v) is 3.53. The van der Waals surface area contributed by atoms with Crippen molar-refractivity contribution in [3.8, 4) is 0 Å². The van der Waals surface area contributed by atoms with Crippen LogP contribution in [0.25, 0.3) is 0 Å². The van der Waals surface area contributed by atoms with Gasteiger partial charge in [0.1, 0.15) is 11.9 Å². The van der Waals surface area contributed by atoms with Gasteiger partial charge in [-0.25, -0.2) is 12.8 Å². The highest BCUT2D eigenvalue weighted by Gasteiger charge is 2.23. The van der Waals surface area contributed by atoms with Crippen molar-refractivity contribution < 1.29 is 22.4 Å². The van der Waals surface area contributed by atoms with Crippen molar-refractivity contribution in [3.63, 3.8) is 0 Å². The second kappa shape index (κ2) is 7.89. The lowest BCUT2D eigenvalue weighted by Crippen LogP contribution is -2.45. The summed E-state index contributed by atoms with van der Waals surface area (Å²) in [7, 11) is -3.62. The van der Waals surface area contributed by atoms with E-state index in [1.807, 2.05) is 0 Å². The summed E-state index contributed by atoms with van der Waals surface area (Å²) in [6.07, 6.45) is -0.187. The van der Waals surface area contributed by atoms with Crippen molar-refractivity contribution in [2.75, 3.05) is 5.75 Å². The lowest BCUT2D eigenvalue weighted by molar-refractivity contribution is -0.119. The predicted octanol–water partition coefficient (Wildman–Crippen LogP) is 1.27. The van der Waals surface area contributed by atoms with Crippen molar-refractivity contribution >= 4 is 21.7 Å². The minimum Gasteiger partial charge on any atom is -0.368 e. The number of hydrogen-bond acceptors (Lipinski definition) is 4. The third kappa shape index (κ3) is 5.12. The standard InChI is InChI=1S/C17H17FN2O4S/c18-13-6-4-5-12(11-13)17(22)20-15(16(19)21)9-10-25(23,24)14-7-2-1-3-8-14/h1-8,11,15H,9-10H2,(H2,19,21)(H,20,22)/t15-/m0/s1. The second-order valence-corrected chi connectivity index (χ2v) is 7.47. The van der Waals surface area contributed by atoms with Gasteiger partial charge in [0.2, 0.25) is 5.91 Å². The molecule has 2 aromatic rings. The van der Waals surface area contributed by atoms with Gasteiger partial charge in [-0.3, -0.25) is 9.59 Å². The zero-order valence-corrected chi connectivity index (χ0v) is 14.0. The van der Waals surface area contributed by atoms with Gasteiger partial charge in [-0.15, -0.1) is 0 Å². The number of hydrogen-bond donors (Lipinski definition) is 2. The molecule has 0 heterocycles. The zero-order valence-electron chi connectivity index (χ0n) is 13.2. The molecule has 0 aliphatic heterocycles. The molecule has 0 spiro atoms. The van der Waals surface area contributed by atoms with E-state index in [-0.39, 0.29) is 22.6 Å². The zero-order chi connectivity index (χ0) is 18.4. The largest absolute Gasteiger partial charge is 0.368 e. The maximum absolute atomic E-state index is 13.2. The second-order valence-electron chi connectivity index (χ2n) is 5.36. The Morgan fingerprint density at radius 2 is 1.76 bits per heavy atom. The van der Waals surface area contributed by atoms with Crippen LogP contribution in [0.5, 0.6) is 0 Å².